The summed E-state index contributed by atoms with van der Waals surface area (Å²) in [5.41, 5.74) is 0.577. The van der Waals surface area contributed by atoms with E-state index in [1.807, 2.05) is 0 Å². The zero-order chi connectivity index (χ0) is 15.2. The molecule has 0 amide bonds. The molecule has 0 spiro atoms. The fourth-order valence-electron chi connectivity index (χ4n) is 1.66. The zero-order valence-corrected chi connectivity index (χ0v) is 13.0. The van der Waals surface area contributed by atoms with Crippen LogP contribution in [0.2, 0.25) is 0 Å². The van der Waals surface area contributed by atoms with Crippen LogP contribution >= 0.6 is 19.2 Å². The van der Waals surface area contributed by atoms with Gasteiger partial charge in [0.1, 0.15) is 5.12 Å². The third-order valence-electron chi connectivity index (χ3n) is 2.49. The fraction of sp³-hybridized carbons (Fsp3) is 0.500. The van der Waals surface area contributed by atoms with Crippen LogP contribution in [0.4, 0.5) is 5.69 Å². The van der Waals surface area contributed by atoms with Crippen molar-refractivity contribution in [2.45, 2.75) is 25.4 Å². The topological polar surface area (TPSA) is 78.7 Å². The number of benzene rings is 1. The third-order valence-corrected chi connectivity index (χ3v) is 5.46. The Kier molecular flexibility index (Phi) is 6.62. The molecule has 1 rings (SSSR count). The monoisotopic (exact) mass is 321 g/mol. The lowest BCUT2D eigenvalue weighted by atomic mass is 10.1. The molecule has 1 atom stereocenters. The first-order valence-corrected chi connectivity index (χ1v) is 8.24. The van der Waals surface area contributed by atoms with E-state index in [9.17, 15) is 14.7 Å². The van der Waals surface area contributed by atoms with Gasteiger partial charge in [0.15, 0.2) is 0 Å². The van der Waals surface area contributed by atoms with Crippen LogP contribution in [0.15, 0.2) is 24.3 Å². The van der Waals surface area contributed by atoms with Crippen molar-refractivity contribution in [2.75, 3.05) is 13.2 Å². The van der Waals surface area contributed by atoms with Crippen LogP contribution in [0, 0.1) is 10.1 Å². The van der Waals surface area contributed by atoms with Gasteiger partial charge >= 0.3 is 7.60 Å². The average Bonchev–Trinajstić information content (AvgIpc) is 2.39. The molecular weight excluding hydrogens is 305 g/mol. The molecule has 112 valence electrons. The van der Waals surface area contributed by atoms with Gasteiger partial charge < -0.3 is 9.05 Å². The molecule has 0 aliphatic carbocycles. The largest absolute Gasteiger partial charge is 0.348 e. The smallest absolute Gasteiger partial charge is 0.308 e. The highest BCUT2D eigenvalue weighted by molar-refractivity contribution is 7.56. The summed E-state index contributed by atoms with van der Waals surface area (Å²) in [5.74, 6) is 0. The first-order valence-electron chi connectivity index (χ1n) is 6.19. The van der Waals surface area contributed by atoms with E-state index >= 15 is 0 Å². The van der Waals surface area contributed by atoms with Gasteiger partial charge in [-0.3, -0.25) is 14.7 Å². The SMILES string of the molecule is CCOP(=O)(OCC)C(Cl)Cc1cccc([N+](=O)[O-])c1. The van der Waals surface area contributed by atoms with Gasteiger partial charge in [0.2, 0.25) is 0 Å². The summed E-state index contributed by atoms with van der Waals surface area (Å²) in [7, 11) is -3.42. The number of nitro benzene ring substituents is 1. The summed E-state index contributed by atoms with van der Waals surface area (Å²) >= 11 is 6.13. The molecule has 8 heteroatoms. The summed E-state index contributed by atoms with van der Waals surface area (Å²) in [6, 6.07) is 6.03. The number of hydrogen-bond donors (Lipinski definition) is 0. The van der Waals surface area contributed by atoms with E-state index in [2.05, 4.69) is 0 Å². The quantitative estimate of drug-likeness (QED) is 0.313. The molecule has 0 saturated carbocycles. The first kappa shape index (κ1) is 17.1. The van der Waals surface area contributed by atoms with Crippen molar-refractivity contribution in [1.29, 1.82) is 0 Å². The minimum Gasteiger partial charge on any atom is -0.308 e. The van der Waals surface area contributed by atoms with E-state index in [-0.39, 0.29) is 25.3 Å². The molecule has 0 N–H and O–H groups in total. The van der Waals surface area contributed by atoms with Crippen LogP contribution in [0.3, 0.4) is 0 Å². The Bertz CT molecular complexity index is 500. The van der Waals surface area contributed by atoms with Crippen molar-refractivity contribution in [1.82, 2.24) is 0 Å². The van der Waals surface area contributed by atoms with Gasteiger partial charge in [-0.05, 0) is 19.4 Å². The average molecular weight is 322 g/mol. The van der Waals surface area contributed by atoms with Crippen LogP contribution < -0.4 is 0 Å². The van der Waals surface area contributed by atoms with Gasteiger partial charge in [-0.1, -0.05) is 12.1 Å². The third kappa shape index (κ3) is 4.56. The summed E-state index contributed by atoms with van der Waals surface area (Å²) in [5, 5.41) is 9.82. The molecule has 0 bridgehead atoms. The second-order valence-electron chi connectivity index (χ2n) is 3.94. The maximum Gasteiger partial charge on any atom is 0.348 e. The number of nitro groups is 1. The highest BCUT2D eigenvalue weighted by Gasteiger charge is 2.34. The molecule has 0 aliphatic rings. The Hall–Kier alpha value is -0.940. The van der Waals surface area contributed by atoms with Crippen LogP contribution in [-0.4, -0.2) is 23.3 Å². The number of halogens is 1. The van der Waals surface area contributed by atoms with Gasteiger partial charge in [-0.15, -0.1) is 11.6 Å². The highest BCUT2D eigenvalue weighted by Crippen LogP contribution is 2.55. The van der Waals surface area contributed by atoms with Crippen LogP contribution in [0.5, 0.6) is 0 Å². The zero-order valence-electron chi connectivity index (χ0n) is 11.3. The van der Waals surface area contributed by atoms with Gasteiger partial charge in [0.25, 0.3) is 5.69 Å². The minimum atomic E-state index is -3.42. The molecule has 0 aliphatic heterocycles. The van der Waals surface area contributed by atoms with Crippen molar-refractivity contribution >= 4 is 24.9 Å². The lowest BCUT2D eigenvalue weighted by Gasteiger charge is -2.21. The van der Waals surface area contributed by atoms with Crippen molar-refractivity contribution < 1.29 is 18.5 Å². The van der Waals surface area contributed by atoms with Gasteiger partial charge in [-0.2, -0.15) is 0 Å². The van der Waals surface area contributed by atoms with E-state index in [0.29, 0.717) is 5.56 Å². The molecule has 6 nitrogen and oxygen atoms in total. The van der Waals surface area contributed by atoms with E-state index in [1.54, 1.807) is 26.0 Å². The highest BCUT2D eigenvalue weighted by atomic mass is 35.5. The number of rotatable bonds is 8. The Balaban J connectivity index is 2.87. The van der Waals surface area contributed by atoms with E-state index < -0.39 is 17.6 Å². The standard InChI is InChI=1S/C12H17ClNO5P/c1-3-18-20(17,19-4-2)12(13)9-10-6-5-7-11(8-10)14(15)16/h5-8,12H,3-4,9H2,1-2H3. The molecule has 1 aromatic rings. The minimum absolute atomic E-state index is 0.0333. The maximum atomic E-state index is 12.4. The van der Waals surface area contributed by atoms with Crippen molar-refractivity contribution in [3.63, 3.8) is 0 Å². The Morgan fingerprint density at radius 2 is 1.95 bits per heavy atom. The van der Waals surface area contributed by atoms with Crippen molar-refractivity contribution in [2.24, 2.45) is 0 Å². The lowest BCUT2D eigenvalue weighted by Crippen LogP contribution is -2.10. The van der Waals surface area contributed by atoms with Gasteiger partial charge in [0.05, 0.1) is 18.1 Å². The predicted molar refractivity (Wildman–Crippen MR) is 77.3 cm³/mol. The second kappa shape index (κ2) is 7.74. The van der Waals surface area contributed by atoms with Gasteiger partial charge in [-0.25, -0.2) is 0 Å². The molecule has 0 heterocycles. The molecular formula is C12H17ClNO5P. The normalized spacial score (nSPS) is 13.2. The van der Waals surface area contributed by atoms with E-state index in [1.165, 1.54) is 12.1 Å². The van der Waals surface area contributed by atoms with E-state index in [0.717, 1.165) is 0 Å². The lowest BCUT2D eigenvalue weighted by molar-refractivity contribution is -0.384. The molecule has 1 unspecified atom stereocenters. The molecule has 0 saturated heterocycles. The van der Waals surface area contributed by atoms with Crippen molar-refractivity contribution in [3.05, 3.63) is 39.9 Å². The summed E-state index contributed by atoms with van der Waals surface area (Å²) in [4.78, 5) is 10.2. The maximum absolute atomic E-state index is 12.4. The molecule has 0 fully saturated rings. The first-order chi connectivity index (χ1) is 9.42. The Labute approximate surface area is 122 Å². The Morgan fingerprint density at radius 3 is 2.45 bits per heavy atom. The number of alkyl halides is 1. The summed E-state index contributed by atoms with van der Waals surface area (Å²) < 4.78 is 22.7. The van der Waals surface area contributed by atoms with E-state index in [4.69, 9.17) is 20.6 Å². The number of hydrogen-bond acceptors (Lipinski definition) is 5. The van der Waals surface area contributed by atoms with Crippen LogP contribution in [0.25, 0.3) is 0 Å². The summed E-state index contributed by atoms with van der Waals surface area (Å²) in [6.07, 6.45) is 0.167. The molecule has 0 radical (unpaired) electrons. The second-order valence-corrected chi connectivity index (χ2v) is 6.99. The van der Waals surface area contributed by atoms with Gasteiger partial charge in [0, 0.05) is 18.6 Å². The van der Waals surface area contributed by atoms with Crippen LogP contribution in [-0.2, 0) is 20.0 Å². The molecule has 1 aromatic carbocycles. The Morgan fingerprint density at radius 1 is 1.35 bits per heavy atom. The summed E-state index contributed by atoms with van der Waals surface area (Å²) in [6.45, 7) is 3.83. The fourth-order valence-corrected chi connectivity index (χ4v) is 3.73. The molecule has 0 aromatic heterocycles. The molecule has 20 heavy (non-hydrogen) atoms. The van der Waals surface area contributed by atoms with Crippen molar-refractivity contribution in [3.8, 4) is 0 Å². The number of non-ortho nitro benzene ring substituents is 1. The number of nitrogens with zero attached hydrogens (tertiary/aromatic N) is 1. The van der Waals surface area contributed by atoms with Crippen LogP contribution in [0.1, 0.15) is 19.4 Å². The predicted octanol–water partition coefficient (Wildman–Crippen LogP) is 3.97.